The number of aromatic nitrogens is 1. The molecule has 1 rings (SSSR count). The fourth-order valence-corrected chi connectivity index (χ4v) is 2.10. The first kappa shape index (κ1) is 14.9. The average molecular weight is 248 g/mol. The predicted octanol–water partition coefficient (Wildman–Crippen LogP) is 3.68. The molecule has 0 fully saturated rings. The summed E-state index contributed by atoms with van der Waals surface area (Å²) in [7, 11) is 0. The normalized spacial score (nSPS) is 10.5. The maximum atomic E-state index is 11.7. The molecule has 0 unspecified atom stereocenters. The monoisotopic (exact) mass is 248 g/mol. The number of carbonyl (C=O) groups excluding carboxylic acids is 1. The molecule has 100 valence electrons. The van der Waals surface area contributed by atoms with Crippen LogP contribution < -0.4 is 4.57 Å². The number of Topliss-reactive ketones (excluding diaryl/α,β-unsaturated/α-hetero) is 1. The molecule has 0 aliphatic rings. The minimum Gasteiger partial charge on any atom is -0.293 e. The largest absolute Gasteiger partial charge is 0.293 e. The van der Waals surface area contributed by atoms with Crippen LogP contribution in [0.15, 0.2) is 30.6 Å². The Kier molecular flexibility index (Phi) is 8.11. The number of ketones is 1. The summed E-state index contributed by atoms with van der Waals surface area (Å²) in [6.45, 7) is 2.76. The van der Waals surface area contributed by atoms with Crippen molar-refractivity contribution in [3.8, 4) is 0 Å². The van der Waals surface area contributed by atoms with Crippen LogP contribution in [-0.2, 0) is 11.3 Å². The van der Waals surface area contributed by atoms with E-state index in [4.69, 9.17) is 0 Å². The highest BCUT2D eigenvalue weighted by Gasteiger charge is 2.07. The molecular weight excluding hydrogens is 222 g/mol. The van der Waals surface area contributed by atoms with Crippen LogP contribution in [0.4, 0.5) is 0 Å². The Hall–Kier alpha value is -1.18. The van der Waals surface area contributed by atoms with E-state index >= 15 is 0 Å². The van der Waals surface area contributed by atoms with Gasteiger partial charge in [-0.3, -0.25) is 4.79 Å². The molecule has 0 aliphatic heterocycles. The van der Waals surface area contributed by atoms with Crippen molar-refractivity contribution in [3.05, 3.63) is 30.6 Å². The van der Waals surface area contributed by atoms with E-state index in [1.165, 1.54) is 38.5 Å². The second kappa shape index (κ2) is 9.81. The van der Waals surface area contributed by atoms with Gasteiger partial charge in [-0.25, -0.2) is 0 Å². The lowest BCUT2D eigenvalue weighted by atomic mass is 10.1. The predicted molar refractivity (Wildman–Crippen MR) is 74.3 cm³/mol. The van der Waals surface area contributed by atoms with Gasteiger partial charge < -0.3 is 0 Å². The molecule has 0 radical (unpaired) electrons. The molecular formula is C16H26NO+. The van der Waals surface area contributed by atoms with Gasteiger partial charge in [-0.15, -0.1) is 0 Å². The number of hydrogen-bond donors (Lipinski definition) is 0. The van der Waals surface area contributed by atoms with E-state index < -0.39 is 0 Å². The van der Waals surface area contributed by atoms with E-state index in [1.54, 1.807) is 0 Å². The summed E-state index contributed by atoms with van der Waals surface area (Å²) in [5, 5.41) is 0. The molecule has 0 N–H and O–H groups in total. The quantitative estimate of drug-likeness (QED) is 0.457. The van der Waals surface area contributed by atoms with Crippen molar-refractivity contribution in [3.63, 3.8) is 0 Å². The smallest absolute Gasteiger partial charge is 0.206 e. The lowest BCUT2D eigenvalue weighted by Gasteiger charge is -2.00. The molecule has 18 heavy (non-hydrogen) atoms. The number of rotatable bonds is 10. The molecule has 2 heteroatoms. The number of pyridine rings is 1. The lowest BCUT2D eigenvalue weighted by Crippen LogP contribution is -2.36. The van der Waals surface area contributed by atoms with Crippen molar-refractivity contribution < 1.29 is 9.36 Å². The summed E-state index contributed by atoms with van der Waals surface area (Å²) in [5.41, 5.74) is 0. The summed E-state index contributed by atoms with van der Waals surface area (Å²) >= 11 is 0. The zero-order valence-corrected chi connectivity index (χ0v) is 11.6. The van der Waals surface area contributed by atoms with Gasteiger partial charge in [0.05, 0.1) is 0 Å². The lowest BCUT2D eigenvalue weighted by molar-refractivity contribution is -0.684. The minimum atomic E-state index is 0.347. The molecule has 1 aromatic rings. The van der Waals surface area contributed by atoms with Crippen LogP contribution in [0.3, 0.4) is 0 Å². The van der Waals surface area contributed by atoms with Crippen molar-refractivity contribution in [2.24, 2.45) is 0 Å². The number of carbonyl (C=O) groups is 1. The standard InChI is InChI=1S/C16H26NO/c1-2-3-4-5-6-7-9-12-16(18)15-17-13-10-8-11-14-17/h8,10-11,13-14H,2-7,9,12,15H2,1H3/q+1. The van der Waals surface area contributed by atoms with Crippen LogP contribution in [0.2, 0.25) is 0 Å². The van der Waals surface area contributed by atoms with E-state index in [2.05, 4.69) is 6.92 Å². The van der Waals surface area contributed by atoms with Crippen molar-refractivity contribution in [2.45, 2.75) is 64.8 Å². The Morgan fingerprint density at radius 3 is 2.17 bits per heavy atom. The van der Waals surface area contributed by atoms with Crippen molar-refractivity contribution in [1.29, 1.82) is 0 Å². The topological polar surface area (TPSA) is 20.9 Å². The van der Waals surface area contributed by atoms with Gasteiger partial charge in [-0.1, -0.05) is 51.5 Å². The molecule has 1 aromatic heterocycles. The van der Waals surface area contributed by atoms with Gasteiger partial charge >= 0.3 is 0 Å². The third-order valence-corrected chi connectivity index (χ3v) is 3.20. The van der Waals surface area contributed by atoms with Gasteiger partial charge in [0.25, 0.3) is 0 Å². The number of unbranched alkanes of at least 4 members (excludes halogenated alkanes) is 6. The number of hydrogen-bond acceptors (Lipinski definition) is 1. The van der Waals surface area contributed by atoms with Gasteiger partial charge in [-0.05, 0) is 6.42 Å². The second-order valence-corrected chi connectivity index (χ2v) is 4.96. The van der Waals surface area contributed by atoms with Crippen LogP contribution in [0.5, 0.6) is 0 Å². The third kappa shape index (κ3) is 7.21. The van der Waals surface area contributed by atoms with Crippen LogP contribution in [0.1, 0.15) is 58.3 Å². The zero-order chi connectivity index (χ0) is 13.1. The fourth-order valence-electron chi connectivity index (χ4n) is 2.10. The SMILES string of the molecule is CCCCCCCCCC(=O)C[n+]1ccccc1. The van der Waals surface area contributed by atoms with E-state index in [0.29, 0.717) is 12.3 Å². The molecule has 1 heterocycles. The molecule has 0 amide bonds. The molecule has 0 saturated heterocycles. The first-order valence-corrected chi connectivity index (χ1v) is 7.28. The van der Waals surface area contributed by atoms with Crippen molar-refractivity contribution in [2.75, 3.05) is 0 Å². The summed E-state index contributed by atoms with van der Waals surface area (Å²) < 4.78 is 1.95. The summed E-state index contributed by atoms with van der Waals surface area (Å²) in [5.74, 6) is 0.347. The van der Waals surface area contributed by atoms with Crippen molar-refractivity contribution in [1.82, 2.24) is 0 Å². The first-order chi connectivity index (χ1) is 8.83. The first-order valence-electron chi connectivity index (χ1n) is 7.28. The van der Waals surface area contributed by atoms with Crippen LogP contribution in [-0.4, -0.2) is 5.78 Å². The fraction of sp³-hybridized carbons (Fsp3) is 0.625. The van der Waals surface area contributed by atoms with Gasteiger partial charge in [0.1, 0.15) is 0 Å². The summed E-state index contributed by atoms with van der Waals surface area (Å²) in [6.07, 6.45) is 13.5. The van der Waals surface area contributed by atoms with E-state index in [1.807, 2.05) is 35.2 Å². The maximum Gasteiger partial charge on any atom is 0.206 e. The molecule has 0 saturated carbocycles. The maximum absolute atomic E-state index is 11.7. The Bertz CT molecular complexity index is 321. The average Bonchev–Trinajstić information content (AvgIpc) is 2.39. The summed E-state index contributed by atoms with van der Waals surface area (Å²) in [4.78, 5) is 11.7. The Labute approximate surface area is 111 Å². The van der Waals surface area contributed by atoms with Gasteiger partial charge in [-0.2, -0.15) is 4.57 Å². The zero-order valence-electron chi connectivity index (χ0n) is 11.6. The van der Waals surface area contributed by atoms with Crippen LogP contribution in [0, 0.1) is 0 Å². The molecule has 0 aliphatic carbocycles. The minimum absolute atomic E-state index is 0.347. The molecule has 0 spiro atoms. The van der Waals surface area contributed by atoms with E-state index in [-0.39, 0.29) is 0 Å². The van der Waals surface area contributed by atoms with E-state index in [9.17, 15) is 4.79 Å². The van der Waals surface area contributed by atoms with E-state index in [0.717, 1.165) is 12.8 Å². The Balaban J connectivity index is 2.00. The molecule has 0 atom stereocenters. The third-order valence-electron chi connectivity index (χ3n) is 3.20. The Morgan fingerprint density at radius 1 is 0.889 bits per heavy atom. The van der Waals surface area contributed by atoms with Gasteiger partial charge in [0, 0.05) is 18.6 Å². The molecule has 0 bridgehead atoms. The number of nitrogens with zero attached hydrogens (tertiary/aromatic N) is 1. The van der Waals surface area contributed by atoms with Crippen molar-refractivity contribution >= 4 is 5.78 Å². The highest BCUT2D eigenvalue weighted by atomic mass is 16.1. The molecule has 2 nitrogen and oxygen atoms in total. The highest BCUT2D eigenvalue weighted by molar-refractivity contribution is 5.76. The van der Waals surface area contributed by atoms with Crippen LogP contribution >= 0.6 is 0 Å². The summed E-state index contributed by atoms with van der Waals surface area (Å²) in [6, 6.07) is 5.89. The van der Waals surface area contributed by atoms with Gasteiger partial charge in [0.2, 0.25) is 6.54 Å². The second-order valence-electron chi connectivity index (χ2n) is 4.96. The highest BCUT2D eigenvalue weighted by Crippen LogP contribution is 2.08. The van der Waals surface area contributed by atoms with Crippen LogP contribution in [0.25, 0.3) is 0 Å². The Morgan fingerprint density at radius 2 is 1.50 bits per heavy atom. The molecule has 0 aromatic carbocycles. The van der Waals surface area contributed by atoms with Gasteiger partial charge in [0.15, 0.2) is 18.2 Å².